The van der Waals surface area contributed by atoms with Crippen molar-refractivity contribution in [1.82, 2.24) is 14.4 Å². The number of carbonyl (C=O) groups excluding carboxylic acids is 2. The van der Waals surface area contributed by atoms with Gasteiger partial charge in [0.05, 0.1) is 13.1 Å². The van der Waals surface area contributed by atoms with E-state index in [4.69, 9.17) is 11.6 Å². The van der Waals surface area contributed by atoms with Gasteiger partial charge >= 0.3 is 0 Å². The van der Waals surface area contributed by atoms with Crippen LogP contribution in [-0.2, 0) is 22.7 Å². The van der Waals surface area contributed by atoms with Gasteiger partial charge in [-0.3, -0.25) is 9.59 Å². The normalized spacial score (nSPS) is 14.5. The maximum Gasteiger partial charge on any atom is 0.242 e. The van der Waals surface area contributed by atoms with E-state index in [2.05, 4.69) is 24.5 Å². The van der Waals surface area contributed by atoms with Crippen LogP contribution in [0.4, 0.5) is 0 Å². The van der Waals surface area contributed by atoms with E-state index in [0.717, 1.165) is 48.4 Å². The number of hydrogen-bond donors (Lipinski definition) is 0. The lowest BCUT2D eigenvalue weighted by Crippen LogP contribution is -2.47. The van der Waals surface area contributed by atoms with E-state index in [1.807, 2.05) is 41.4 Å². The summed E-state index contributed by atoms with van der Waals surface area (Å²) in [6.07, 6.45) is 8.54. The van der Waals surface area contributed by atoms with Gasteiger partial charge in [-0.25, -0.2) is 0 Å². The molecule has 6 heteroatoms. The summed E-state index contributed by atoms with van der Waals surface area (Å²) in [6, 6.07) is 12.2. The maximum absolute atomic E-state index is 13.6. The molecule has 1 fully saturated rings. The minimum Gasteiger partial charge on any atom is -0.345 e. The van der Waals surface area contributed by atoms with Gasteiger partial charge in [0.1, 0.15) is 0 Å². The van der Waals surface area contributed by atoms with Crippen LogP contribution < -0.4 is 0 Å². The minimum atomic E-state index is -0.0327. The summed E-state index contributed by atoms with van der Waals surface area (Å²) in [4.78, 5) is 29.5. The van der Waals surface area contributed by atoms with Crippen LogP contribution in [0, 0.1) is 5.92 Å². The molecule has 1 aromatic heterocycles. The first-order valence-electron chi connectivity index (χ1n) is 12.3. The molecule has 0 spiro atoms. The molecule has 0 saturated heterocycles. The number of hydrogen-bond acceptors (Lipinski definition) is 2. The Kier molecular flexibility index (Phi) is 9.42. The number of benzene rings is 1. The fourth-order valence-electron chi connectivity index (χ4n) is 4.56. The molecule has 1 aliphatic rings. The fraction of sp³-hybridized carbons (Fsp3) is 0.556. The molecule has 0 aliphatic heterocycles. The maximum atomic E-state index is 13.6. The standard InChI is InChI=1S/C27H38ClN3O2/c1-21(2)15-17-29(22(3)32)20-27(33)31(24-11-5-4-6-12-24)19-25-13-9-16-30(25)18-23-10-7-8-14-26(23)28/h7-10,13-14,16,21,24H,4-6,11-12,15,17-20H2,1-3H3. The molecule has 33 heavy (non-hydrogen) atoms. The molecule has 1 saturated carbocycles. The van der Waals surface area contributed by atoms with E-state index in [0.29, 0.717) is 25.6 Å². The fourth-order valence-corrected chi connectivity index (χ4v) is 4.76. The smallest absolute Gasteiger partial charge is 0.242 e. The second kappa shape index (κ2) is 12.3. The van der Waals surface area contributed by atoms with Crippen LogP contribution in [0.2, 0.25) is 5.02 Å². The summed E-state index contributed by atoms with van der Waals surface area (Å²) in [5, 5.41) is 0.750. The average Bonchev–Trinajstić information content (AvgIpc) is 3.23. The third-order valence-electron chi connectivity index (χ3n) is 6.64. The Hall–Kier alpha value is -2.27. The molecule has 0 unspecified atom stereocenters. The second-order valence-corrected chi connectivity index (χ2v) is 10.1. The molecule has 3 rings (SSSR count). The summed E-state index contributed by atoms with van der Waals surface area (Å²) >= 11 is 6.39. The van der Waals surface area contributed by atoms with E-state index in [-0.39, 0.29) is 24.4 Å². The van der Waals surface area contributed by atoms with Gasteiger partial charge in [-0.1, -0.05) is 62.9 Å². The zero-order chi connectivity index (χ0) is 23.8. The van der Waals surface area contributed by atoms with Crippen LogP contribution in [-0.4, -0.2) is 45.3 Å². The molecule has 0 N–H and O–H groups in total. The zero-order valence-electron chi connectivity index (χ0n) is 20.3. The van der Waals surface area contributed by atoms with Crippen LogP contribution >= 0.6 is 11.6 Å². The van der Waals surface area contributed by atoms with Crippen molar-refractivity contribution < 1.29 is 9.59 Å². The average molecular weight is 472 g/mol. The molecule has 0 bridgehead atoms. The van der Waals surface area contributed by atoms with Crippen LogP contribution in [0.1, 0.15) is 70.6 Å². The first-order valence-corrected chi connectivity index (χ1v) is 12.7. The van der Waals surface area contributed by atoms with E-state index < -0.39 is 0 Å². The topological polar surface area (TPSA) is 45.6 Å². The van der Waals surface area contributed by atoms with Crippen molar-refractivity contribution in [2.45, 2.75) is 78.4 Å². The van der Waals surface area contributed by atoms with Crippen LogP contribution in [0.15, 0.2) is 42.6 Å². The predicted octanol–water partition coefficient (Wildman–Crippen LogP) is 5.75. The Bertz CT molecular complexity index is 918. The van der Waals surface area contributed by atoms with Crippen molar-refractivity contribution in [3.63, 3.8) is 0 Å². The number of amides is 2. The van der Waals surface area contributed by atoms with E-state index in [1.165, 1.54) is 6.42 Å². The van der Waals surface area contributed by atoms with Gasteiger partial charge < -0.3 is 14.4 Å². The lowest BCUT2D eigenvalue weighted by molar-refractivity contribution is -0.142. The van der Waals surface area contributed by atoms with Crippen molar-refractivity contribution in [2.24, 2.45) is 5.92 Å². The summed E-state index contributed by atoms with van der Waals surface area (Å²) < 4.78 is 2.17. The number of halogens is 1. The zero-order valence-corrected chi connectivity index (χ0v) is 21.1. The largest absolute Gasteiger partial charge is 0.345 e. The molecule has 0 atom stereocenters. The number of aromatic nitrogens is 1. The Labute approximate surface area is 203 Å². The van der Waals surface area contributed by atoms with Crippen molar-refractivity contribution in [3.8, 4) is 0 Å². The Balaban J connectivity index is 1.77. The third kappa shape index (κ3) is 7.36. The molecule has 1 aromatic carbocycles. The SMILES string of the molecule is CC(=O)N(CCC(C)C)CC(=O)N(Cc1cccn1Cc1ccccc1Cl)C1CCCCC1. The van der Waals surface area contributed by atoms with Gasteiger partial charge in [0.15, 0.2) is 0 Å². The van der Waals surface area contributed by atoms with Gasteiger partial charge in [-0.05, 0) is 48.9 Å². The third-order valence-corrected chi connectivity index (χ3v) is 7.01. The highest BCUT2D eigenvalue weighted by molar-refractivity contribution is 6.31. The van der Waals surface area contributed by atoms with Crippen LogP contribution in [0.5, 0.6) is 0 Å². The van der Waals surface area contributed by atoms with Crippen molar-refractivity contribution in [1.29, 1.82) is 0 Å². The van der Waals surface area contributed by atoms with Gasteiger partial charge in [-0.15, -0.1) is 0 Å². The lowest BCUT2D eigenvalue weighted by Gasteiger charge is -2.36. The first-order chi connectivity index (χ1) is 15.8. The first kappa shape index (κ1) is 25.4. The second-order valence-electron chi connectivity index (χ2n) is 9.66. The van der Waals surface area contributed by atoms with Crippen molar-refractivity contribution in [3.05, 3.63) is 58.9 Å². The number of rotatable bonds is 10. The molecule has 1 aliphatic carbocycles. The molecule has 1 heterocycles. The molecule has 5 nitrogen and oxygen atoms in total. The quantitative estimate of drug-likeness (QED) is 0.443. The van der Waals surface area contributed by atoms with Crippen LogP contribution in [0.3, 0.4) is 0 Å². The summed E-state index contributed by atoms with van der Waals surface area (Å²) in [5.41, 5.74) is 2.15. The van der Waals surface area contributed by atoms with E-state index >= 15 is 0 Å². The van der Waals surface area contributed by atoms with Gasteiger partial charge in [0.25, 0.3) is 0 Å². The predicted molar refractivity (Wildman–Crippen MR) is 134 cm³/mol. The van der Waals surface area contributed by atoms with Crippen molar-refractivity contribution >= 4 is 23.4 Å². The molecule has 0 radical (unpaired) electrons. The van der Waals surface area contributed by atoms with Gasteiger partial charge in [0, 0.05) is 43.0 Å². The highest BCUT2D eigenvalue weighted by atomic mass is 35.5. The molecule has 2 amide bonds. The Morgan fingerprint density at radius 3 is 2.48 bits per heavy atom. The van der Waals surface area contributed by atoms with Gasteiger partial charge in [-0.2, -0.15) is 0 Å². The molecule has 2 aromatic rings. The monoisotopic (exact) mass is 471 g/mol. The molecule has 180 valence electrons. The summed E-state index contributed by atoms with van der Waals surface area (Å²) in [6.45, 7) is 7.85. The van der Waals surface area contributed by atoms with Gasteiger partial charge in [0.2, 0.25) is 11.8 Å². The molecular formula is C27H38ClN3O2. The van der Waals surface area contributed by atoms with Crippen LogP contribution in [0.25, 0.3) is 0 Å². The highest BCUT2D eigenvalue weighted by Crippen LogP contribution is 2.25. The van der Waals surface area contributed by atoms with E-state index in [1.54, 1.807) is 11.8 Å². The number of carbonyl (C=O) groups is 2. The summed E-state index contributed by atoms with van der Waals surface area (Å²) in [5.74, 6) is 0.505. The lowest BCUT2D eigenvalue weighted by atomic mass is 9.94. The highest BCUT2D eigenvalue weighted by Gasteiger charge is 2.28. The Morgan fingerprint density at radius 2 is 1.82 bits per heavy atom. The van der Waals surface area contributed by atoms with Crippen molar-refractivity contribution in [2.75, 3.05) is 13.1 Å². The van der Waals surface area contributed by atoms with E-state index in [9.17, 15) is 9.59 Å². The molecular weight excluding hydrogens is 434 g/mol. The number of nitrogens with zero attached hydrogens (tertiary/aromatic N) is 3. The minimum absolute atomic E-state index is 0.0327. The summed E-state index contributed by atoms with van der Waals surface area (Å²) in [7, 11) is 0. The Morgan fingerprint density at radius 1 is 1.09 bits per heavy atom.